The Bertz CT molecular complexity index is 622. The van der Waals surface area contributed by atoms with E-state index in [1.807, 2.05) is 13.8 Å². The molecule has 0 atom stereocenters. The Kier molecular flexibility index (Phi) is 4.92. The van der Waals surface area contributed by atoms with Crippen molar-refractivity contribution in [2.75, 3.05) is 11.9 Å². The molecule has 0 aliphatic rings. The Labute approximate surface area is 124 Å². The molecule has 0 bridgehead atoms. The van der Waals surface area contributed by atoms with E-state index < -0.39 is 0 Å². The summed E-state index contributed by atoms with van der Waals surface area (Å²) in [6, 6.07) is 3.51. The summed E-state index contributed by atoms with van der Waals surface area (Å²) in [6.45, 7) is 6.86. The number of aromatic nitrogens is 2. The number of pyridine rings is 1. The van der Waals surface area contributed by atoms with Gasteiger partial charge in [-0.3, -0.25) is 4.79 Å². The third kappa shape index (κ3) is 4.30. The molecule has 6 nitrogen and oxygen atoms in total. The van der Waals surface area contributed by atoms with Crippen molar-refractivity contribution in [3.05, 3.63) is 41.2 Å². The van der Waals surface area contributed by atoms with Gasteiger partial charge in [-0.2, -0.15) is 0 Å². The predicted octanol–water partition coefficient (Wildman–Crippen LogP) is 2.44. The first-order valence-corrected chi connectivity index (χ1v) is 7.00. The summed E-state index contributed by atoms with van der Waals surface area (Å²) in [5, 5.41) is 5.97. The van der Waals surface area contributed by atoms with E-state index in [9.17, 15) is 4.79 Å². The third-order valence-electron chi connectivity index (χ3n) is 2.84. The molecule has 0 spiro atoms. The highest BCUT2D eigenvalue weighted by molar-refractivity contribution is 5.94. The second kappa shape index (κ2) is 6.88. The van der Waals surface area contributed by atoms with Crippen LogP contribution in [0.2, 0.25) is 0 Å². The summed E-state index contributed by atoms with van der Waals surface area (Å²) < 4.78 is 5.32. The van der Waals surface area contributed by atoms with Crippen LogP contribution in [-0.2, 0) is 6.54 Å². The van der Waals surface area contributed by atoms with Crippen LogP contribution in [0.5, 0.6) is 0 Å². The Hall–Kier alpha value is -2.37. The zero-order valence-electron chi connectivity index (χ0n) is 12.6. The monoisotopic (exact) mass is 288 g/mol. The molecular weight excluding hydrogens is 268 g/mol. The largest absolute Gasteiger partial charge is 0.444 e. The quantitative estimate of drug-likeness (QED) is 0.853. The molecule has 0 unspecified atom stereocenters. The van der Waals surface area contributed by atoms with Crippen molar-refractivity contribution in [1.29, 1.82) is 0 Å². The Balaban J connectivity index is 2.02. The van der Waals surface area contributed by atoms with Gasteiger partial charge in [0.05, 0.1) is 12.7 Å². The molecular formula is C15H20N4O2. The van der Waals surface area contributed by atoms with Crippen LogP contribution in [0, 0.1) is 13.8 Å². The number of rotatable bonds is 6. The molecule has 2 rings (SSSR count). The van der Waals surface area contributed by atoms with Crippen LogP contribution in [0.15, 0.2) is 22.7 Å². The van der Waals surface area contributed by atoms with Gasteiger partial charge in [0.1, 0.15) is 11.6 Å². The van der Waals surface area contributed by atoms with Gasteiger partial charge in [-0.25, -0.2) is 9.97 Å². The van der Waals surface area contributed by atoms with Crippen molar-refractivity contribution in [3.63, 3.8) is 0 Å². The van der Waals surface area contributed by atoms with Gasteiger partial charge in [0, 0.05) is 17.8 Å². The number of amides is 1. The number of anilines is 1. The SMILES string of the molecule is CCCNc1cc(C(=O)NCc2ncc(C)o2)cc(C)n1. The van der Waals surface area contributed by atoms with Crippen LogP contribution in [0.1, 0.15) is 41.0 Å². The molecule has 0 aromatic carbocycles. The van der Waals surface area contributed by atoms with Crippen molar-refractivity contribution in [3.8, 4) is 0 Å². The number of hydrogen-bond donors (Lipinski definition) is 2. The lowest BCUT2D eigenvalue weighted by Crippen LogP contribution is -2.23. The van der Waals surface area contributed by atoms with Crippen molar-refractivity contribution < 1.29 is 9.21 Å². The van der Waals surface area contributed by atoms with Crippen LogP contribution in [0.25, 0.3) is 0 Å². The topological polar surface area (TPSA) is 80.0 Å². The van der Waals surface area contributed by atoms with Gasteiger partial charge in [-0.15, -0.1) is 0 Å². The molecule has 2 N–H and O–H groups in total. The molecule has 112 valence electrons. The van der Waals surface area contributed by atoms with E-state index in [4.69, 9.17) is 4.42 Å². The van der Waals surface area contributed by atoms with Crippen molar-refractivity contribution >= 4 is 11.7 Å². The molecule has 0 aliphatic carbocycles. The van der Waals surface area contributed by atoms with E-state index >= 15 is 0 Å². The molecule has 0 saturated heterocycles. The summed E-state index contributed by atoms with van der Waals surface area (Å²) in [5.41, 5.74) is 1.37. The van der Waals surface area contributed by atoms with E-state index in [2.05, 4.69) is 27.5 Å². The summed E-state index contributed by atoms with van der Waals surface area (Å²) in [4.78, 5) is 20.6. The minimum absolute atomic E-state index is 0.170. The number of aryl methyl sites for hydroxylation is 2. The first-order valence-electron chi connectivity index (χ1n) is 7.00. The molecule has 2 aromatic heterocycles. The number of hydrogen-bond acceptors (Lipinski definition) is 5. The zero-order chi connectivity index (χ0) is 15.2. The molecule has 1 amide bonds. The zero-order valence-corrected chi connectivity index (χ0v) is 12.6. The molecule has 0 saturated carbocycles. The molecule has 0 radical (unpaired) electrons. The van der Waals surface area contributed by atoms with Gasteiger partial charge in [0.15, 0.2) is 0 Å². The fourth-order valence-corrected chi connectivity index (χ4v) is 1.88. The fourth-order valence-electron chi connectivity index (χ4n) is 1.88. The Morgan fingerprint density at radius 3 is 2.81 bits per heavy atom. The van der Waals surface area contributed by atoms with Crippen LogP contribution < -0.4 is 10.6 Å². The highest BCUT2D eigenvalue weighted by Gasteiger charge is 2.10. The van der Waals surface area contributed by atoms with Crippen molar-refractivity contribution in [2.45, 2.75) is 33.7 Å². The molecule has 0 aliphatic heterocycles. The van der Waals surface area contributed by atoms with Gasteiger partial charge in [0.25, 0.3) is 5.91 Å². The summed E-state index contributed by atoms with van der Waals surface area (Å²) in [7, 11) is 0. The first-order chi connectivity index (χ1) is 10.1. The van der Waals surface area contributed by atoms with Crippen molar-refractivity contribution in [2.24, 2.45) is 0 Å². The average molecular weight is 288 g/mol. The maximum atomic E-state index is 12.2. The summed E-state index contributed by atoms with van der Waals surface area (Å²) in [6.07, 6.45) is 2.63. The second-order valence-corrected chi connectivity index (χ2v) is 4.86. The molecule has 2 heterocycles. The normalized spacial score (nSPS) is 10.4. The number of carbonyl (C=O) groups excluding carboxylic acids is 1. The maximum Gasteiger partial charge on any atom is 0.251 e. The predicted molar refractivity (Wildman–Crippen MR) is 80.2 cm³/mol. The standard InChI is InChI=1S/C15H20N4O2/c1-4-5-16-13-7-12(6-10(2)19-13)15(20)18-9-14-17-8-11(3)21-14/h6-8H,4-5,9H2,1-3H3,(H,16,19)(H,18,20). The lowest BCUT2D eigenvalue weighted by Gasteiger charge is -2.08. The van der Waals surface area contributed by atoms with Gasteiger partial charge in [-0.1, -0.05) is 6.92 Å². The van der Waals surface area contributed by atoms with E-state index in [1.54, 1.807) is 18.3 Å². The number of carbonyl (C=O) groups is 1. The van der Waals surface area contributed by atoms with Crippen LogP contribution in [0.4, 0.5) is 5.82 Å². The number of oxazole rings is 1. The van der Waals surface area contributed by atoms with E-state index in [1.165, 1.54) is 0 Å². The van der Waals surface area contributed by atoms with E-state index in [0.29, 0.717) is 17.3 Å². The van der Waals surface area contributed by atoms with E-state index in [-0.39, 0.29) is 12.5 Å². The minimum Gasteiger partial charge on any atom is -0.444 e. The number of nitrogens with zero attached hydrogens (tertiary/aromatic N) is 2. The Morgan fingerprint density at radius 2 is 2.14 bits per heavy atom. The van der Waals surface area contributed by atoms with E-state index in [0.717, 1.165) is 24.4 Å². The molecule has 21 heavy (non-hydrogen) atoms. The second-order valence-electron chi connectivity index (χ2n) is 4.86. The summed E-state index contributed by atoms with van der Waals surface area (Å²) >= 11 is 0. The smallest absolute Gasteiger partial charge is 0.251 e. The highest BCUT2D eigenvalue weighted by Crippen LogP contribution is 2.11. The molecule has 6 heteroatoms. The van der Waals surface area contributed by atoms with Crippen LogP contribution in [0.3, 0.4) is 0 Å². The van der Waals surface area contributed by atoms with Gasteiger partial charge in [-0.05, 0) is 32.4 Å². The van der Waals surface area contributed by atoms with Gasteiger partial charge in [0.2, 0.25) is 5.89 Å². The molecule has 2 aromatic rings. The highest BCUT2D eigenvalue weighted by atomic mass is 16.4. The lowest BCUT2D eigenvalue weighted by molar-refractivity contribution is 0.0947. The van der Waals surface area contributed by atoms with Crippen LogP contribution >= 0.6 is 0 Å². The number of nitrogens with one attached hydrogen (secondary N) is 2. The van der Waals surface area contributed by atoms with Gasteiger partial charge < -0.3 is 15.1 Å². The third-order valence-corrected chi connectivity index (χ3v) is 2.84. The summed E-state index contributed by atoms with van der Waals surface area (Å²) in [5.74, 6) is 1.77. The minimum atomic E-state index is -0.170. The lowest BCUT2D eigenvalue weighted by atomic mass is 10.2. The first kappa shape index (κ1) is 15.0. The Morgan fingerprint density at radius 1 is 1.33 bits per heavy atom. The van der Waals surface area contributed by atoms with Crippen molar-refractivity contribution in [1.82, 2.24) is 15.3 Å². The maximum absolute atomic E-state index is 12.2. The molecule has 0 fully saturated rings. The fraction of sp³-hybridized carbons (Fsp3) is 0.400. The van der Waals surface area contributed by atoms with Gasteiger partial charge >= 0.3 is 0 Å². The average Bonchev–Trinajstić information content (AvgIpc) is 2.87. The van der Waals surface area contributed by atoms with Crippen LogP contribution in [-0.4, -0.2) is 22.4 Å².